The summed E-state index contributed by atoms with van der Waals surface area (Å²) in [6.45, 7) is 2.57. The molecule has 0 spiro atoms. The minimum atomic E-state index is -0.0808. The second-order valence-electron chi connectivity index (χ2n) is 5.07. The van der Waals surface area contributed by atoms with Crippen molar-refractivity contribution in [3.63, 3.8) is 0 Å². The van der Waals surface area contributed by atoms with Gasteiger partial charge in [0.1, 0.15) is 0 Å². The van der Waals surface area contributed by atoms with Gasteiger partial charge in [0, 0.05) is 13.1 Å². The molecular formula is C13H28N2O. The fourth-order valence-electron chi connectivity index (χ4n) is 2.62. The van der Waals surface area contributed by atoms with Crippen molar-refractivity contribution in [2.75, 3.05) is 19.6 Å². The van der Waals surface area contributed by atoms with Gasteiger partial charge in [-0.25, -0.2) is 0 Å². The third-order valence-corrected chi connectivity index (χ3v) is 3.54. The summed E-state index contributed by atoms with van der Waals surface area (Å²) in [5, 5.41) is 13.2. The normalized spacial score (nSPS) is 19.9. The molecule has 16 heavy (non-hydrogen) atoms. The first-order valence-corrected chi connectivity index (χ1v) is 6.91. The summed E-state index contributed by atoms with van der Waals surface area (Å²) in [6.07, 6.45) is 9.76. The van der Waals surface area contributed by atoms with E-state index in [4.69, 9.17) is 5.73 Å². The van der Waals surface area contributed by atoms with Crippen LogP contribution in [0.1, 0.15) is 51.4 Å². The maximum absolute atomic E-state index is 9.91. The third kappa shape index (κ3) is 6.46. The molecule has 1 unspecified atom stereocenters. The average Bonchev–Trinajstić information content (AvgIpc) is 2.30. The van der Waals surface area contributed by atoms with E-state index in [1.165, 1.54) is 32.1 Å². The molecule has 3 nitrogen and oxygen atoms in total. The number of hydrogen-bond donors (Lipinski definition) is 3. The molecule has 1 rings (SSSR count). The predicted molar refractivity (Wildman–Crippen MR) is 68.4 cm³/mol. The van der Waals surface area contributed by atoms with Crippen LogP contribution in [0.5, 0.6) is 0 Å². The molecule has 1 aliphatic rings. The van der Waals surface area contributed by atoms with E-state index in [-0.39, 0.29) is 6.10 Å². The van der Waals surface area contributed by atoms with Gasteiger partial charge in [0.05, 0.1) is 6.10 Å². The lowest BCUT2D eigenvalue weighted by atomic mass is 9.85. The molecule has 0 aliphatic heterocycles. The number of aliphatic hydroxyl groups excluding tert-OH is 1. The van der Waals surface area contributed by atoms with Gasteiger partial charge in [-0.2, -0.15) is 0 Å². The summed E-state index contributed by atoms with van der Waals surface area (Å²) < 4.78 is 0. The number of hydrogen-bond acceptors (Lipinski definition) is 3. The fraction of sp³-hybridized carbons (Fsp3) is 1.00. The summed E-state index contributed by atoms with van der Waals surface area (Å²) in [4.78, 5) is 0. The van der Waals surface area contributed by atoms with Crippen LogP contribution in [-0.4, -0.2) is 30.8 Å². The van der Waals surface area contributed by atoms with Gasteiger partial charge in [0.15, 0.2) is 0 Å². The molecule has 1 fully saturated rings. The van der Waals surface area contributed by atoms with Crippen molar-refractivity contribution in [1.29, 1.82) is 0 Å². The van der Waals surface area contributed by atoms with E-state index in [1.807, 2.05) is 0 Å². The van der Waals surface area contributed by atoms with E-state index < -0.39 is 0 Å². The van der Waals surface area contributed by atoms with Crippen LogP contribution >= 0.6 is 0 Å². The van der Waals surface area contributed by atoms with Crippen LogP contribution in [0.4, 0.5) is 0 Å². The number of nitrogens with one attached hydrogen (secondary N) is 1. The zero-order valence-electron chi connectivity index (χ0n) is 10.5. The highest BCUT2D eigenvalue weighted by atomic mass is 16.3. The van der Waals surface area contributed by atoms with Crippen LogP contribution < -0.4 is 11.1 Å². The minimum absolute atomic E-state index is 0.0808. The lowest BCUT2D eigenvalue weighted by Crippen LogP contribution is -2.24. The van der Waals surface area contributed by atoms with Gasteiger partial charge < -0.3 is 16.2 Å². The zero-order valence-corrected chi connectivity index (χ0v) is 10.5. The lowest BCUT2D eigenvalue weighted by molar-refractivity contribution is 0.119. The van der Waals surface area contributed by atoms with E-state index in [1.54, 1.807) is 0 Å². The number of rotatable bonds is 8. The molecule has 96 valence electrons. The van der Waals surface area contributed by atoms with Crippen LogP contribution in [0.2, 0.25) is 0 Å². The minimum Gasteiger partial charge on any atom is -0.393 e. The highest BCUT2D eigenvalue weighted by Crippen LogP contribution is 2.27. The van der Waals surface area contributed by atoms with E-state index in [2.05, 4.69) is 5.32 Å². The van der Waals surface area contributed by atoms with Crippen molar-refractivity contribution in [3.05, 3.63) is 0 Å². The Morgan fingerprint density at radius 2 is 1.94 bits per heavy atom. The predicted octanol–water partition coefficient (Wildman–Crippen LogP) is 1.65. The summed E-state index contributed by atoms with van der Waals surface area (Å²) in [5.74, 6) is 0.792. The molecule has 0 radical (unpaired) electrons. The summed E-state index contributed by atoms with van der Waals surface area (Å²) >= 11 is 0. The first-order chi connectivity index (χ1) is 7.83. The zero-order chi connectivity index (χ0) is 11.6. The summed E-state index contributed by atoms with van der Waals surface area (Å²) in [5.41, 5.74) is 5.38. The first kappa shape index (κ1) is 13.9. The highest BCUT2D eigenvalue weighted by Gasteiger charge is 2.16. The maximum atomic E-state index is 9.91. The quantitative estimate of drug-likeness (QED) is 0.554. The Morgan fingerprint density at radius 3 is 2.62 bits per heavy atom. The summed E-state index contributed by atoms with van der Waals surface area (Å²) in [6, 6.07) is 0. The highest BCUT2D eigenvalue weighted by molar-refractivity contribution is 4.70. The Morgan fingerprint density at radius 1 is 1.19 bits per heavy atom. The third-order valence-electron chi connectivity index (χ3n) is 3.54. The van der Waals surface area contributed by atoms with E-state index in [0.29, 0.717) is 6.54 Å². The van der Waals surface area contributed by atoms with Crippen LogP contribution in [0, 0.1) is 5.92 Å². The van der Waals surface area contributed by atoms with Gasteiger partial charge in [-0.3, -0.25) is 0 Å². The van der Waals surface area contributed by atoms with Crippen molar-refractivity contribution in [2.24, 2.45) is 11.7 Å². The largest absolute Gasteiger partial charge is 0.393 e. The molecule has 1 atom stereocenters. The second-order valence-corrected chi connectivity index (χ2v) is 5.07. The summed E-state index contributed by atoms with van der Waals surface area (Å²) in [7, 11) is 0. The van der Waals surface area contributed by atoms with Crippen molar-refractivity contribution >= 4 is 0 Å². The van der Waals surface area contributed by atoms with E-state index in [0.717, 1.165) is 38.3 Å². The molecule has 0 aromatic heterocycles. The van der Waals surface area contributed by atoms with Crippen LogP contribution in [0.15, 0.2) is 0 Å². The van der Waals surface area contributed by atoms with Gasteiger partial charge in [-0.15, -0.1) is 0 Å². The maximum Gasteiger partial charge on any atom is 0.0543 e. The first-order valence-electron chi connectivity index (χ1n) is 6.91. The molecule has 4 N–H and O–H groups in total. The van der Waals surface area contributed by atoms with Gasteiger partial charge in [-0.1, -0.05) is 32.1 Å². The second kappa shape index (κ2) is 8.97. The molecule has 1 saturated carbocycles. The van der Waals surface area contributed by atoms with Crippen LogP contribution in [-0.2, 0) is 0 Å². The Labute approximate surface area is 99.8 Å². The molecule has 0 amide bonds. The van der Waals surface area contributed by atoms with Crippen molar-refractivity contribution in [2.45, 2.75) is 57.5 Å². The van der Waals surface area contributed by atoms with Crippen molar-refractivity contribution in [1.82, 2.24) is 5.32 Å². The SMILES string of the molecule is NCCNCCCC(O)CC1CCCCC1. The molecule has 0 aromatic rings. The molecule has 1 aliphatic carbocycles. The van der Waals surface area contributed by atoms with Crippen LogP contribution in [0.3, 0.4) is 0 Å². The number of aliphatic hydroxyl groups is 1. The Hall–Kier alpha value is -0.120. The Bertz CT molecular complexity index is 158. The number of nitrogens with two attached hydrogens (primary N) is 1. The average molecular weight is 228 g/mol. The molecule has 0 bridgehead atoms. The fourth-order valence-corrected chi connectivity index (χ4v) is 2.62. The molecule has 0 heterocycles. The topological polar surface area (TPSA) is 58.3 Å². The smallest absolute Gasteiger partial charge is 0.0543 e. The molecular weight excluding hydrogens is 200 g/mol. The standard InChI is InChI=1S/C13H28N2O/c14-8-10-15-9-4-7-13(16)11-12-5-2-1-3-6-12/h12-13,15-16H,1-11,14H2. The van der Waals surface area contributed by atoms with Gasteiger partial charge in [0.25, 0.3) is 0 Å². The van der Waals surface area contributed by atoms with Gasteiger partial charge >= 0.3 is 0 Å². The van der Waals surface area contributed by atoms with E-state index >= 15 is 0 Å². The molecule has 0 aromatic carbocycles. The lowest BCUT2D eigenvalue weighted by Gasteiger charge is -2.24. The Kier molecular flexibility index (Phi) is 7.81. The monoisotopic (exact) mass is 228 g/mol. The van der Waals surface area contributed by atoms with E-state index in [9.17, 15) is 5.11 Å². The van der Waals surface area contributed by atoms with Crippen molar-refractivity contribution in [3.8, 4) is 0 Å². The van der Waals surface area contributed by atoms with Gasteiger partial charge in [-0.05, 0) is 31.7 Å². The molecule has 3 heteroatoms. The van der Waals surface area contributed by atoms with Crippen molar-refractivity contribution < 1.29 is 5.11 Å². The van der Waals surface area contributed by atoms with Crippen LogP contribution in [0.25, 0.3) is 0 Å². The Balaban J connectivity index is 1.95. The molecule has 0 saturated heterocycles. The van der Waals surface area contributed by atoms with Gasteiger partial charge in [0.2, 0.25) is 0 Å².